The van der Waals surface area contributed by atoms with Crippen LogP contribution in [0.25, 0.3) is 0 Å². The molecule has 3 N–H and O–H groups in total. The molecule has 20 heavy (non-hydrogen) atoms. The van der Waals surface area contributed by atoms with E-state index >= 15 is 0 Å². The van der Waals surface area contributed by atoms with Crippen molar-refractivity contribution in [3.05, 3.63) is 48.2 Å². The number of nitrogen functional groups attached to an aromatic ring is 1. The summed E-state index contributed by atoms with van der Waals surface area (Å²) in [6.07, 6.45) is 1.23. The van der Waals surface area contributed by atoms with Gasteiger partial charge in [0.15, 0.2) is 0 Å². The molecule has 0 amide bonds. The second-order valence-electron chi connectivity index (χ2n) is 4.35. The van der Waals surface area contributed by atoms with Crippen molar-refractivity contribution in [2.45, 2.75) is 11.4 Å². The van der Waals surface area contributed by atoms with E-state index in [4.69, 9.17) is 5.73 Å². The van der Waals surface area contributed by atoms with Crippen LogP contribution in [-0.2, 0) is 16.6 Å². The maximum atomic E-state index is 12.3. The number of nitrogens with zero attached hydrogens (tertiary/aromatic N) is 2. The van der Waals surface area contributed by atoms with Crippen molar-refractivity contribution in [2.75, 3.05) is 12.8 Å². The fourth-order valence-corrected chi connectivity index (χ4v) is 2.83. The Morgan fingerprint density at radius 3 is 2.65 bits per heavy atom. The third kappa shape index (κ3) is 3.06. The lowest BCUT2D eigenvalue weighted by atomic mass is 10.2. The molecule has 2 aromatic rings. The van der Waals surface area contributed by atoms with Gasteiger partial charge in [0.05, 0.1) is 0 Å². The summed E-state index contributed by atoms with van der Waals surface area (Å²) in [6, 6.07) is 9.31. The Hall–Kier alpha value is -2.12. The highest BCUT2D eigenvalue weighted by molar-refractivity contribution is 7.89. The molecule has 7 heteroatoms. The van der Waals surface area contributed by atoms with Crippen LogP contribution in [0.4, 0.5) is 5.82 Å². The molecule has 1 aromatic heterocycles. The standard InChI is InChI=1S/C13H15N3O3S/c1-16(9-10-3-2-4-11(17)7-10)20(18,19)12-5-6-13(14)15-8-12/h2-8,17H,9H2,1H3,(H2,14,15). The zero-order valence-electron chi connectivity index (χ0n) is 10.9. The van der Waals surface area contributed by atoms with Crippen LogP contribution in [-0.4, -0.2) is 29.9 Å². The first-order valence-electron chi connectivity index (χ1n) is 5.85. The lowest BCUT2D eigenvalue weighted by Crippen LogP contribution is -2.26. The van der Waals surface area contributed by atoms with Crippen LogP contribution in [0.5, 0.6) is 5.75 Å². The number of hydrogen-bond donors (Lipinski definition) is 2. The molecule has 0 saturated carbocycles. The summed E-state index contributed by atoms with van der Waals surface area (Å²) in [5, 5.41) is 9.38. The van der Waals surface area contributed by atoms with E-state index in [1.165, 1.54) is 41.8 Å². The summed E-state index contributed by atoms with van der Waals surface area (Å²) in [7, 11) is -2.17. The highest BCUT2D eigenvalue weighted by Gasteiger charge is 2.21. The van der Waals surface area contributed by atoms with Gasteiger partial charge in [-0.25, -0.2) is 13.4 Å². The van der Waals surface area contributed by atoms with Gasteiger partial charge in [0.1, 0.15) is 16.5 Å². The first-order valence-corrected chi connectivity index (χ1v) is 7.29. The van der Waals surface area contributed by atoms with E-state index in [0.717, 1.165) is 0 Å². The molecular formula is C13H15N3O3S. The molecule has 106 valence electrons. The van der Waals surface area contributed by atoms with Gasteiger partial charge in [-0.3, -0.25) is 0 Å². The minimum absolute atomic E-state index is 0.0781. The third-order valence-electron chi connectivity index (χ3n) is 2.78. The first kappa shape index (κ1) is 14.3. The number of pyridine rings is 1. The van der Waals surface area contributed by atoms with E-state index in [1.54, 1.807) is 12.1 Å². The van der Waals surface area contributed by atoms with Crippen LogP contribution >= 0.6 is 0 Å². The predicted molar refractivity (Wildman–Crippen MR) is 75.4 cm³/mol. The smallest absolute Gasteiger partial charge is 0.244 e. The molecule has 0 unspecified atom stereocenters. The summed E-state index contributed by atoms with van der Waals surface area (Å²) in [4.78, 5) is 3.86. The Morgan fingerprint density at radius 1 is 1.30 bits per heavy atom. The summed E-state index contributed by atoms with van der Waals surface area (Å²) in [5.74, 6) is 0.363. The van der Waals surface area contributed by atoms with Crippen molar-refractivity contribution in [3.8, 4) is 5.75 Å². The van der Waals surface area contributed by atoms with Gasteiger partial charge in [0.25, 0.3) is 0 Å². The predicted octanol–water partition coefficient (Wildman–Crippen LogP) is 1.19. The number of rotatable bonds is 4. The zero-order valence-corrected chi connectivity index (χ0v) is 11.7. The fraction of sp³-hybridized carbons (Fsp3) is 0.154. The van der Waals surface area contributed by atoms with Crippen LogP contribution in [0.2, 0.25) is 0 Å². The second-order valence-corrected chi connectivity index (χ2v) is 6.39. The molecule has 0 aliphatic rings. The molecule has 0 aliphatic heterocycles. The minimum Gasteiger partial charge on any atom is -0.508 e. The monoisotopic (exact) mass is 293 g/mol. The van der Waals surface area contributed by atoms with Crippen LogP contribution in [0.3, 0.4) is 0 Å². The van der Waals surface area contributed by atoms with E-state index in [1.807, 2.05) is 0 Å². The van der Waals surface area contributed by atoms with Crippen LogP contribution in [0.15, 0.2) is 47.5 Å². The Kier molecular flexibility index (Phi) is 3.91. The van der Waals surface area contributed by atoms with Gasteiger partial charge in [-0.1, -0.05) is 12.1 Å². The van der Waals surface area contributed by atoms with Gasteiger partial charge in [-0.05, 0) is 29.8 Å². The number of phenolic OH excluding ortho intramolecular Hbond substituents is 1. The average Bonchev–Trinajstić information content (AvgIpc) is 2.39. The lowest BCUT2D eigenvalue weighted by molar-refractivity contribution is 0.458. The van der Waals surface area contributed by atoms with Crippen LogP contribution in [0, 0.1) is 0 Å². The number of phenols is 1. The largest absolute Gasteiger partial charge is 0.508 e. The van der Waals surface area contributed by atoms with Crippen molar-refractivity contribution in [1.82, 2.24) is 9.29 Å². The van der Waals surface area contributed by atoms with Crippen molar-refractivity contribution >= 4 is 15.8 Å². The highest BCUT2D eigenvalue weighted by atomic mass is 32.2. The Labute approximate surface area is 117 Å². The van der Waals surface area contributed by atoms with Crippen molar-refractivity contribution in [2.24, 2.45) is 0 Å². The number of anilines is 1. The van der Waals surface area contributed by atoms with Gasteiger partial charge in [0, 0.05) is 19.8 Å². The molecule has 0 spiro atoms. The summed E-state index contributed by atoms with van der Waals surface area (Å²) >= 11 is 0. The van der Waals surface area contributed by atoms with Crippen molar-refractivity contribution in [1.29, 1.82) is 0 Å². The number of aromatic hydroxyl groups is 1. The number of hydrogen-bond acceptors (Lipinski definition) is 5. The maximum Gasteiger partial charge on any atom is 0.244 e. The van der Waals surface area contributed by atoms with Crippen molar-refractivity contribution in [3.63, 3.8) is 0 Å². The molecule has 0 fully saturated rings. The van der Waals surface area contributed by atoms with Gasteiger partial charge < -0.3 is 10.8 Å². The SMILES string of the molecule is CN(Cc1cccc(O)c1)S(=O)(=O)c1ccc(N)nc1. The molecule has 0 saturated heterocycles. The Morgan fingerprint density at radius 2 is 2.05 bits per heavy atom. The summed E-state index contributed by atoms with van der Waals surface area (Å²) in [6.45, 7) is 0.154. The molecule has 0 aliphatic carbocycles. The minimum atomic E-state index is -3.63. The molecule has 2 rings (SSSR count). The highest BCUT2D eigenvalue weighted by Crippen LogP contribution is 2.18. The topological polar surface area (TPSA) is 96.5 Å². The van der Waals surface area contributed by atoms with Gasteiger partial charge in [-0.2, -0.15) is 4.31 Å². The lowest BCUT2D eigenvalue weighted by Gasteiger charge is -2.17. The van der Waals surface area contributed by atoms with Gasteiger partial charge in [0.2, 0.25) is 10.0 Å². The molecule has 6 nitrogen and oxygen atoms in total. The molecule has 0 radical (unpaired) electrons. The Balaban J connectivity index is 2.23. The molecule has 0 bridgehead atoms. The third-order valence-corrected chi connectivity index (χ3v) is 4.57. The number of sulfonamides is 1. The molecule has 1 aromatic carbocycles. The summed E-state index contributed by atoms with van der Waals surface area (Å²) < 4.78 is 25.8. The number of nitrogens with two attached hydrogens (primary N) is 1. The van der Waals surface area contributed by atoms with Crippen molar-refractivity contribution < 1.29 is 13.5 Å². The van der Waals surface area contributed by atoms with E-state index in [-0.39, 0.29) is 23.0 Å². The van der Waals surface area contributed by atoms with E-state index < -0.39 is 10.0 Å². The average molecular weight is 293 g/mol. The van der Waals surface area contributed by atoms with Crippen LogP contribution < -0.4 is 5.73 Å². The van der Waals surface area contributed by atoms with E-state index in [0.29, 0.717) is 5.56 Å². The first-order chi connectivity index (χ1) is 9.39. The number of aromatic nitrogens is 1. The van der Waals surface area contributed by atoms with E-state index in [2.05, 4.69) is 4.98 Å². The summed E-state index contributed by atoms with van der Waals surface area (Å²) in [5.41, 5.74) is 6.13. The zero-order chi connectivity index (χ0) is 14.8. The van der Waals surface area contributed by atoms with Crippen LogP contribution in [0.1, 0.15) is 5.56 Å². The maximum absolute atomic E-state index is 12.3. The molecular weight excluding hydrogens is 278 g/mol. The Bertz CT molecular complexity index is 699. The van der Waals surface area contributed by atoms with Gasteiger partial charge in [-0.15, -0.1) is 0 Å². The normalized spacial score (nSPS) is 11.7. The number of benzene rings is 1. The van der Waals surface area contributed by atoms with E-state index in [9.17, 15) is 13.5 Å². The fourth-order valence-electron chi connectivity index (χ4n) is 1.72. The molecule has 0 atom stereocenters. The molecule has 1 heterocycles. The van der Waals surface area contributed by atoms with Gasteiger partial charge >= 0.3 is 0 Å². The second kappa shape index (κ2) is 5.48. The quantitative estimate of drug-likeness (QED) is 0.882.